The molecule has 1 aromatic heterocycles. The van der Waals surface area contributed by atoms with Gasteiger partial charge in [0.15, 0.2) is 18.0 Å². The number of nitrogens with zero attached hydrogens (tertiary/aromatic N) is 2. The van der Waals surface area contributed by atoms with Crippen LogP contribution in [0.3, 0.4) is 0 Å². The summed E-state index contributed by atoms with van der Waals surface area (Å²) in [5.74, 6) is -0.563. The van der Waals surface area contributed by atoms with E-state index in [1.807, 2.05) is 0 Å². The largest absolute Gasteiger partial charge is 0.478 e. The molecule has 0 saturated heterocycles. The second-order valence-corrected chi connectivity index (χ2v) is 3.26. The average molecular weight is 205 g/mol. The lowest BCUT2D eigenvalue weighted by Gasteiger charge is -2.17. The van der Waals surface area contributed by atoms with E-state index in [4.69, 9.17) is 5.11 Å². The summed E-state index contributed by atoms with van der Waals surface area (Å²) >= 11 is 0. The number of carboxylic acid groups (broad SMARTS) is 1. The first-order valence-corrected chi connectivity index (χ1v) is 4.44. The van der Waals surface area contributed by atoms with Gasteiger partial charge in [0, 0.05) is 6.92 Å². The molecule has 1 aliphatic heterocycles. The third-order valence-electron chi connectivity index (χ3n) is 2.19. The number of aromatic nitrogens is 1. The Bertz CT molecular complexity index is 491. The number of hydrogen-bond donors (Lipinski definition) is 1. The van der Waals surface area contributed by atoms with E-state index in [-0.39, 0.29) is 12.3 Å². The molecule has 0 radical (unpaired) electrons. The zero-order chi connectivity index (χ0) is 11.0. The number of aliphatic carboxylic acids is 1. The van der Waals surface area contributed by atoms with E-state index in [0.29, 0.717) is 11.5 Å². The molecule has 0 aliphatic carbocycles. The van der Waals surface area contributed by atoms with Gasteiger partial charge in [0.2, 0.25) is 0 Å². The predicted octanol–water partition coefficient (Wildman–Crippen LogP) is 0.202. The number of ketones is 1. The molecule has 1 aromatic rings. The Labute approximate surface area is 85.7 Å². The maximum absolute atomic E-state index is 11.3. The molecule has 0 bridgehead atoms. The Balaban J connectivity index is 2.45. The third kappa shape index (κ3) is 1.41. The van der Waals surface area contributed by atoms with Crippen LogP contribution in [0.25, 0.3) is 0 Å². The summed E-state index contributed by atoms with van der Waals surface area (Å²) in [5.41, 5.74) is 1.16. The fraction of sp³-hybridized carbons (Fsp3) is 0.200. The number of hydrogen-bond acceptors (Lipinski definition) is 3. The topological polar surface area (TPSA) is 70.3 Å². The Morgan fingerprint density at radius 1 is 1.53 bits per heavy atom. The van der Waals surface area contributed by atoms with Crippen molar-refractivity contribution >= 4 is 23.3 Å². The fourth-order valence-corrected chi connectivity index (χ4v) is 1.66. The summed E-state index contributed by atoms with van der Waals surface area (Å²) in [4.78, 5) is 25.9. The number of carbonyl (C=O) groups is 2. The molecule has 0 atom stereocenters. The molecule has 0 amide bonds. The zero-order valence-corrected chi connectivity index (χ0v) is 8.10. The highest BCUT2D eigenvalue weighted by Crippen LogP contribution is 2.26. The summed E-state index contributed by atoms with van der Waals surface area (Å²) in [6.07, 6.45) is 1.57. The van der Waals surface area contributed by atoms with E-state index in [2.05, 4.69) is 4.98 Å². The third-order valence-corrected chi connectivity index (χ3v) is 2.19. The van der Waals surface area contributed by atoms with Gasteiger partial charge in [-0.3, -0.25) is 4.79 Å². The van der Waals surface area contributed by atoms with Gasteiger partial charge in [-0.25, -0.2) is 9.37 Å². The van der Waals surface area contributed by atoms with E-state index in [9.17, 15) is 9.59 Å². The van der Waals surface area contributed by atoms with Crippen LogP contribution in [-0.2, 0) is 9.59 Å². The van der Waals surface area contributed by atoms with Crippen LogP contribution in [-0.4, -0.2) is 38.7 Å². The van der Waals surface area contributed by atoms with Crippen molar-refractivity contribution in [3.8, 4) is 0 Å². The van der Waals surface area contributed by atoms with Gasteiger partial charge in [-0.15, -0.1) is 0 Å². The maximum Gasteiger partial charge on any atom is 0.346 e. The number of rotatable bonds is 3. The van der Waals surface area contributed by atoms with Crippen LogP contribution in [0.5, 0.6) is 0 Å². The molecule has 15 heavy (non-hydrogen) atoms. The first-order valence-electron chi connectivity index (χ1n) is 4.44. The summed E-state index contributed by atoms with van der Waals surface area (Å²) in [7, 11) is 0. The molecule has 5 nitrogen and oxygen atoms in total. The molecule has 0 aromatic carbocycles. The number of Topliss-reactive ketones (excluding diaryl/α,β-unsaturated/α-hetero) is 1. The Hall–Kier alpha value is -2.04. The summed E-state index contributed by atoms with van der Waals surface area (Å²) in [6, 6.07) is 3.48. The molecule has 0 spiro atoms. The highest BCUT2D eigenvalue weighted by molar-refractivity contribution is 6.46. The maximum atomic E-state index is 11.3. The number of fused-ring (bicyclic) bond motifs is 1. The molecule has 2 rings (SSSR count). The van der Waals surface area contributed by atoms with Crippen LogP contribution in [0, 0.1) is 0 Å². The van der Waals surface area contributed by atoms with Crippen LogP contribution < -0.4 is 0 Å². The van der Waals surface area contributed by atoms with Gasteiger partial charge in [-0.05, 0) is 17.1 Å². The van der Waals surface area contributed by atoms with Crippen LogP contribution in [0.4, 0.5) is 5.82 Å². The smallest absolute Gasteiger partial charge is 0.346 e. The minimum absolute atomic E-state index is 0.142. The quantitative estimate of drug-likeness (QED) is 0.716. The van der Waals surface area contributed by atoms with E-state index in [0.717, 1.165) is 5.56 Å². The van der Waals surface area contributed by atoms with E-state index >= 15 is 0 Å². The summed E-state index contributed by atoms with van der Waals surface area (Å²) in [6.45, 7) is 1.19. The van der Waals surface area contributed by atoms with Crippen molar-refractivity contribution in [3.63, 3.8) is 0 Å². The molecule has 1 N–H and O–H groups in total. The minimum atomic E-state index is -0.981. The minimum Gasteiger partial charge on any atom is -0.478 e. The number of carboxylic acids is 1. The predicted molar refractivity (Wildman–Crippen MR) is 51.5 cm³/mol. The van der Waals surface area contributed by atoms with Crippen molar-refractivity contribution in [3.05, 3.63) is 23.9 Å². The van der Waals surface area contributed by atoms with Crippen molar-refractivity contribution in [1.29, 1.82) is 0 Å². The molecular formula is C10H9N2O3+. The molecule has 5 heteroatoms. The Kier molecular flexibility index (Phi) is 2.07. The van der Waals surface area contributed by atoms with Crippen LogP contribution in [0.15, 0.2) is 18.3 Å². The standard InChI is InChI=1S/C10H8N2O3/c1-6(13)9-7-3-2-4-11-10(7)12(9)5-8(14)15/h2-4H,5H2,1H3/p+1. The van der Waals surface area contributed by atoms with Gasteiger partial charge in [-0.2, -0.15) is 0 Å². The molecule has 2 heterocycles. The molecule has 0 saturated carbocycles. The van der Waals surface area contributed by atoms with Crippen molar-refractivity contribution in [2.24, 2.45) is 0 Å². The van der Waals surface area contributed by atoms with Gasteiger partial charge >= 0.3 is 11.8 Å². The van der Waals surface area contributed by atoms with E-state index < -0.39 is 5.97 Å². The lowest BCUT2D eigenvalue weighted by Crippen LogP contribution is -2.37. The summed E-state index contributed by atoms with van der Waals surface area (Å²) < 4.78 is 1.42. The van der Waals surface area contributed by atoms with Crippen molar-refractivity contribution in [2.75, 3.05) is 6.54 Å². The highest BCUT2D eigenvalue weighted by atomic mass is 16.4. The van der Waals surface area contributed by atoms with E-state index in [1.54, 1.807) is 18.3 Å². The molecule has 1 aliphatic rings. The van der Waals surface area contributed by atoms with Crippen LogP contribution in [0.1, 0.15) is 12.5 Å². The fourth-order valence-electron chi connectivity index (χ4n) is 1.66. The average Bonchev–Trinajstić information content (AvgIpc) is 2.13. The highest BCUT2D eigenvalue weighted by Gasteiger charge is 2.38. The van der Waals surface area contributed by atoms with Gasteiger partial charge in [-0.1, -0.05) is 0 Å². The first-order chi connectivity index (χ1) is 7.11. The first kappa shape index (κ1) is 9.51. The monoisotopic (exact) mass is 205 g/mol. The van der Waals surface area contributed by atoms with Crippen molar-refractivity contribution in [1.82, 2.24) is 4.98 Å². The van der Waals surface area contributed by atoms with Crippen molar-refractivity contribution < 1.29 is 19.3 Å². The van der Waals surface area contributed by atoms with Crippen LogP contribution >= 0.6 is 0 Å². The van der Waals surface area contributed by atoms with Gasteiger partial charge in [0.1, 0.15) is 11.8 Å². The molecule has 0 fully saturated rings. The second-order valence-electron chi connectivity index (χ2n) is 3.26. The molecular weight excluding hydrogens is 196 g/mol. The normalized spacial score (nSPS) is 13.1. The van der Waals surface area contributed by atoms with Gasteiger partial charge in [0.05, 0.1) is 0 Å². The molecule has 76 valence electrons. The Morgan fingerprint density at radius 3 is 2.87 bits per heavy atom. The Morgan fingerprint density at radius 2 is 2.27 bits per heavy atom. The van der Waals surface area contributed by atoms with Crippen molar-refractivity contribution in [2.45, 2.75) is 6.92 Å². The lowest BCUT2D eigenvalue weighted by atomic mass is 10.0. The van der Waals surface area contributed by atoms with Crippen LogP contribution in [0.2, 0.25) is 0 Å². The second kappa shape index (κ2) is 3.27. The van der Waals surface area contributed by atoms with Gasteiger partial charge in [0.25, 0.3) is 0 Å². The van der Waals surface area contributed by atoms with E-state index in [1.165, 1.54) is 11.5 Å². The van der Waals surface area contributed by atoms with Gasteiger partial charge < -0.3 is 5.11 Å². The lowest BCUT2D eigenvalue weighted by molar-refractivity contribution is -0.446. The number of pyridine rings is 1. The SMILES string of the molecule is CC(=O)C1=[N+](CC(=O)O)c2ncccc21. The summed E-state index contributed by atoms with van der Waals surface area (Å²) in [5, 5.41) is 8.68. The zero-order valence-electron chi connectivity index (χ0n) is 8.10. The number of carbonyl (C=O) groups excluding carboxylic acids is 1. The molecule has 0 unspecified atom stereocenters.